The molecule has 3 heterocycles. The predicted octanol–water partition coefficient (Wildman–Crippen LogP) is 0.577. The van der Waals surface area contributed by atoms with E-state index in [1.807, 2.05) is 6.92 Å². The molecule has 142 valence electrons. The standard InChI is InChI=1S/C17H21N7O3/c1-2-27-6-5-18-16-22-14-11(7-10-8-13(25)21-15(10)26)9-19-24(14)17(23-16)20-12-3-4-12/h7,9,12H,2-6,8H2,1H3,(H,21,25,26)(H2,18,20,22,23)/b10-7+. The van der Waals surface area contributed by atoms with E-state index in [2.05, 4.69) is 31.0 Å². The van der Waals surface area contributed by atoms with Gasteiger partial charge in [-0.15, -0.1) is 0 Å². The van der Waals surface area contributed by atoms with Gasteiger partial charge in [0.05, 0.1) is 19.2 Å². The lowest BCUT2D eigenvalue weighted by molar-refractivity contribution is -0.124. The van der Waals surface area contributed by atoms with Gasteiger partial charge in [-0.05, 0) is 25.8 Å². The Morgan fingerprint density at radius 2 is 2.22 bits per heavy atom. The highest BCUT2D eigenvalue weighted by Gasteiger charge is 2.26. The van der Waals surface area contributed by atoms with E-state index in [0.29, 0.717) is 54.5 Å². The number of fused-ring (bicyclic) bond motifs is 1. The molecule has 0 unspecified atom stereocenters. The second-order valence-electron chi connectivity index (χ2n) is 6.47. The Morgan fingerprint density at radius 3 is 2.93 bits per heavy atom. The molecule has 1 saturated carbocycles. The molecule has 0 spiro atoms. The zero-order chi connectivity index (χ0) is 18.8. The lowest BCUT2D eigenvalue weighted by atomic mass is 10.1. The molecule has 0 bridgehead atoms. The number of rotatable bonds is 8. The number of amides is 2. The second kappa shape index (κ2) is 7.31. The van der Waals surface area contributed by atoms with Crippen molar-refractivity contribution in [1.29, 1.82) is 0 Å². The van der Waals surface area contributed by atoms with Crippen molar-refractivity contribution in [2.45, 2.75) is 32.2 Å². The normalized spacial score (nSPS) is 18.3. The van der Waals surface area contributed by atoms with Gasteiger partial charge in [-0.2, -0.15) is 19.6 Å². The molecule has 0 atom stereocenters. The van der Waals surface area contributed by atoms with Crippen LogP contribution >= 0.6 is 0 Å². The molecule has 27 heavy (non-hydrogen) atoms. The number of nitrogens with one attached hydrogen (secondary N) is 3. The molecule has 2 aromatic rings. The SMILES string of the molecule is CCOCCNc1nc(NC2CC2)n2ncc(/C=C3\CC(=O)NC3=O)c2n1. The van der Waals surface area contributed by atoms with E-state index in [0.717, 1.165) is 12.8 Å². The Labute approximate surface area is 155 Å². The highest BCUT2D eigenvalue weighted by atomic mass is 16.5. The molecule has 1 aliphatic carbocycles. The molecule has 10 heteroatoms. The number of nitrogens with zero attached hydrogens (tertiary/aromatic N) is 4. The summed E-state index contributed by atoms with van der Waals surface area (Å²) >= 11 is 0. The van der Waals surface area contributed by atoms with Crippen LogP contribution in [0.4, 0.5) is 11.9 Å². The van der Waals surface area contributed by atoms with Crippen LogP contribution in [0.15, 0.2) is 11.8 Å². The van der Waals surface area contributed by atoms with Crippen LogP contribution in [0, 0.1) is 0 Å². The van der Waals surface area contributed by atoms with E-state index in [1.54, 1.807) is 16.8 Å². The van der Waals surface area contributed by atoms with Crippen LogP contribution in [0.5, 0.6) is 0 Å². The largest absolute Gasteiger partial charge is 0.380 e. The number of hydrogen-bond acceptors (Lipinski definition) is 8. The van der Waals surface area contributed by atoms with Crippen molar-refractivity contribution in [3.05, 3.63) is 17.3 Å². The summed E-state index contributed by atoms with van der Waals surface area (Å²) in [5.74, 6) is 0.377. The summed E-state index contributed by atoms with van der Waals surface area (Å²) in [5, 5.41) is 13.1. The third-order valence-electron chi connectivity index (χ3n) is 4.26. The molecule has 0 radical (unpaired) electrons. The van der Waals surface area contributed by atoms with E-state index in [1.165, 1.54) is 0 Å². The molecule has 0 aromatic carbocycles. The third-order valence-corrected chi connectivity index (χ3v) is 4.26. The fourth-order valence-electron chi connectivity index (χ4n) is 2.77. The molecule has 2 aliphatic rings. The fourth-order valence-corrected chi connectivity index (χ4v) is 2.77. The van der Waals surface area contributed by atoms with E-state index in [9.17, 15) is 9.59 Å². The van der Waals surface area contributed by atoms with Gasteiger partial charge in [0.25, 0.3) is 5.91 Å². The molecule has 1 aliphatic heterocycles. The first-order chi connectivity index (χ1) is 13.1. The monoisotopic (exact) mass is 371 g/mol. The minimum atomic E-state index is -0.375. The van der Waals surface area contributed by atoms with Crippen LogP contribution in [0.1, 0.15) is 31.7 Å². The van der Waals surface area contributed by atoms with E-state index >= 15 is 0 Å². The smallest absolute Gasteiger partial charge is 0.254 e. The second-order valence-corrected chi connectivity index (χ2v) is 6.47. The molecule has 1 saturated heterocycles. The lowest BCUT2D eigenvalue weighted by Gasteiger charge is -2.10. The van der Waals surface area contributed by atoms with Gasteiger partial charge >= 0.3 is 0 Å². The van der Waals surface area contributed by atoms with Crippen molar-refractivity contribution in [3.8, 4) is 0 Å². The minimum absolute atomic E-state index is 0.0634. The number of anilines is 2. The van der Waals surface area contributed by atoms with E-state index < -0.39 is 0 Å². The van der Waals surface area contributed by atoms with Crippen molar-refractivity contribution >= 4 is 35.4 Å². The summed E-state index contributed by atoms with van der Waals surface area (Å²) in [4.78, 5) is 32.3. The van der Waals surface area contributed by atoms with Gasteiger partial charge in [0, 0.05) is 30.3 Å². The zero-order valence-electron chi connectivity index (χ0n) is 15.0. The molecule has 10 nitrogen and oxygen atoms in total. The van der Waals surface area contributed by atoms with Crippen molar-refractivity contribution < 1.29 is 14.3 Å². The molecule has 2 amide bonds. The third kappa shape index (κ3) is 3.90. The van der Waals surface area contributed by atoms with Crippen molar-refractivity contribution in [3.63, 3.8) is 0 Å². The van der Waals surface area contributed by atoms with Crippen LogP contribution in [0.3, 0.4) is 0 Å². The van der Waals surface area contributed by atoms with Crippen LogP contribution in [0.2, 0.25) is 0 Å². The first-order valence-electron chi connectivity index (χ1n) is 9.02. The Morgan fingerprint density at radius 1 is 1.37 bits per heavy atom. The quantitative estimate of drug-likeness (QED) is 0.350. The number of aromatic nitrogens is 4. The summed E-state index contributed by atoms with van der Waals surface area (Å²) in [6, 6.07) is 0.392. The van der Waals surface area contributed by atoms with Crippen LogP contribution in [-0.4, -0.2) is 57.2 Å². The maximum Gasteiger partial charge on any atom is 0.254 e. The van der Waals surface area contributed by atoms with Gasteiger partial charge in [0.2, 0.25) is 17.8 Å². The summed E-state index contributed by atoms with van der Waals surface area (Å²) in [5.41, 5.74) is 1.62. The maximum atomic E-state index is 11.8. The summed E-state index contributed by atoms with van der Waals surface area (Å²) in [6.45, 7) is 3.72. The average Bonchev–Trinajstić information content (AvgIpc) is 3.28. The highest BCUT2D eigenvalue weighted by molar-refractivity contribution is 6.15. The Balaban J connectivity index is 1.67. The summed E-state index contributed by atoms with van der Waals surface area (Å²) in [6.07, 6.45) is 5.53. The number of imide groups is 1. The van der Waals surface area contributed by atoms with Crippen molar-refractivity contribution in [2.24, 2.45) is 0 Å². The van der Waals surface area contributed by atoms with Gasteiger partial charge in [-0.25, -0.2) is 0 Å². The van der Waals surface area contributed by atoms with Crippen LogP contribution in [0.25, 0.3) is 11.7 Å². The molecule has 3 N–H and O–H groups in total. The number of hydrogen-bond donors (Lipinski definition) is 3. The number of carbonyl (C=O) groups is 2. The zero-order valence-corrected chi connectivity index (χ0v) is 15.0. The predicted molar refractivity (Wildman–Crippen MR) is 98.2 cm³/mol. The van der Waals surface area contributed by atoms with Gasteiger partial charge in [0.15, 0.2) is 5.65 Å². The van der Waals surface area contributed by atoms with Gasteiger partial charge < -0.3 is 15.4 Å². The summed E-state index contributed by atoms with van der Waals surface area (Å²) in [7, 11) is 0. The van der Waals surface area contributed by atoms with Crippen LogP contribution < -0.4 is 16.0 Å². The average molecular weight is 371 g/mol. The molecule has 2 fully saturated rings. The van der Waals surface area contributed by atoms with Gasteiger partial charge in [-0.1, -0.05) is 0 Å². The topological polar surface area (TPSA) is 123 Å². The van der Waals surface area contributed by atoms with Crippen LogP contribution in [-0.2, 0) is 14.3 Å². The Bertz CT molecular complexity index is 917. The Hall–Kier alpha value is -3.01. The highest BCUT2D eigenvalue weighted by Crippen LogP contribution is 2.26. The summed E-state index contributed by atoms with van der Waals surface area (Å²) < 4.78 is 6.95. The molecular weight excluding hydrogens is 350 g/mol. The number of carbonyl (C=O) groups excluding carboxylic acids is 2. The molecule has 2 aromatic heterocycles. The first kappa shape index (κ1) is 17.4. The van der Waals surface area contributed by atoms with Crippen molar-refractivity contribution in [1.82, 2.24) is 24.9 Å². The van der Waals surface area contributed by atoms with Gasteiger partial charge in [-0.3, -0.25) is 14.9 Å². The van der Waals surface area contributed by atoms with Crippen molar-refractivity contribution in [2.75, 3.05) is 30.4 Å². The Kier molecular flexibility index (Phi) is 4.71. The lowest BCUT2D eigenvalue weighted by Crippen LogP contribution is -2.19. The maximum absolute atomic E-state index is 11.8. The minimum Gasteiger partial charge on any atom is -0.380 e. The first-order valence-corrected chi connectivity index (χ1v) is 9.02. The molecular formula is C17H21N7O3. The fraction of sp³-hybridized carbons (Fsp3) is 0.471. The van der Waals surface area contributed by atoms with Gasteiger partial charge in [0.1, 0.15) is 0 Å². The van der Waals surface area contributed by atoms with E-state index in [-0.39, 0.29) is 18.2 Å². The van der Waals surface area contributed by atoms with E-state index in [4.69, 9.17) is 4.74 Å². The molecule has 4 rings (SSSR count). The number of ether oxygens (including phenoxy) is 1.